The molecule has 2 unspecified atom stereocenters. The van der Waals surface area contributed by atoms with Gasteiger partial charge >= 0.3 is 6.09 Å². The van der Waals surface area contributed by atoms with Gasteiger partial charge in [-0.2, -0.15) is 0 Å². The summed E-state index contributed by atoms with van der Waals surface area (Å²) >= 11 is 0. The fourth-order valence-electron chi connectivity index (χ4n) is 3.79. The average molecular weight is 549 g/mol. The van der Waals surface area contributed by atoms with Gasteiger partial charge in [-0.1, -0.05) is 0 Å². The van der Waals surface area contributed by atoms with Crippen LogP contribution in [-0.4, -0.2) is 62.7 Å². The van der Waals surface area contributed by atoms with Crippen molar-refractivity contribution < 1.29 is 45.0 Å². The number of likely N-dealkylation sites (tertiary alicyclic amines) is 1. The number of nitrogens with one attached hydrogen (secondary N) is 2. The van der Waals surface area contributed by atoms with Crippen LogP contribution in [0.15, 0.2) is 35.6 Å². The molecule has 202 valence electrons. The molecular formula is C22H24F4N4O6S. The molecule has 1 aromatic carbocycles. The third-order valence-electron chi connectivity index (χ3n) is 5.49. The number of nitrogens with zero attached hydrogens (tertiary/aromatic N) is 2. The van der Waals surface area contributed by atoms with Crippen LogP contribution in [0.5, 0.6) is 0 Å². The largest absolute Gasteiger partial charge is 0.505 e. The number of carbonyl (C=O) groups excluding carboxylic acids is 2. The maximum absolute atomic E-state index is 15.2. The van der Waals surface area contributed by atoms with E-state index >= 15 is 4.39 Å². The molecule has 0 bridgehead atoms. The Morgan fingerprint density at radius 2 is 1.78 bits per heavy atom. The lowest BCUT2D eigenvalue weighted by molar-refractivity contribution is 0.101. The molecule has 0 spiro atoms. The first-order valence-corrected chi connectivity index (χ1v) is 12.3. The Morgan fingerprint density at radius 3 is 2.38 bits per heavy atom. The topological polar surface area (TPSA) is 119 Å². The van der Waals surface area contributed by atoms with E-state index in [1.807, 2.05) is 5.32 Å². The van der Waals surface area contributed by atoms with Gasteiger partial charge in [0.25, 0.3) is 5.91 Å². The van der Waals surface area contributed by atoms with Crippen molar-refractivity contribution in [2.24, 2.45) is 13.0 Å². The van der Waals surface area contributed by atoms with Crippen molar-refractivity contribution in [2.75, 3.05) is 32.1 Å². The van der Waals surface area contributed by atoms with E-state index in [0.717, 1.165) is 10.8 Å². The molecule has 2 aromatic rings. The highest BCUT2D eigenvalue weighted by atomic mass is 32.2. The predicted octanol–water partition coefficient (Wildman–Crippen LogP) is 2.73. The van der Waals surface area contributed by atoms with Crippen molar-refractivity contribution in [3.8, 4) is 0 Å². The first-order valence-electron chi connectivity index (χ1n) is 10.8. The third-order valence-corrected chi connectivity index (χ3v) is 6.97. The van der Waals surface area contributed by atoms with Gasteiger partial charge in [0.05, 0.1) is 20.0 Å². The first-order chi connectivity index (χ1) is 17.4. The van der Waals surface area contributed by atoms with Crippen molar-refractivity contribution in [2.45, 2.75) is 17.9 Å². The minimum absolute atomic E-state index is 0.0831. The zero-order chi connectivity index (χ0) is 27.5. The van der Waals surface area contributed by atoms with E-state index in [-0.39, 0.29) is 19.7 Å². The Bertz CT molecular complexity index is 1310. The van der Waals surface area contributed by atoms with Crippen LogP contribution in [-0.2, 0) is 26.5 Å². The molecule has 0 saturated carbocycles. The Morgan fingerprint density at radius 1 is 1.14 bits per heavy atom. The Labute approximate surface area is 209 Å². The second-order valence-corrected chi connectivity index (χ2v) is 9.72. The Hall–Kier alpha value is -3.59. The Kier molecular flexibility index (Phi) is 8.48. The van der Waals surface area contributed by atoms with Crippen molar-refractivity contribution in [3.63, 3.8) is 0 Å². The van der Waals surface area contributed by atoms with Crippen molar-refractivity contribution in [3.05, 3.63) is 59.6 Å². The molecule has 1 aliphatic heterocycles. The molecule has 2 amide bonds. The van der Waals surface area contributed by atoms with Crippen LogP contribution in [0.25, 0.3) is 0 Å². The summed E-state index contributed by atoms with van der Waals surface area (Å²) in [6, 6.07) is 0.0849. The summed E-state index contributed by atoms with van der Waals surface area (Å²) in [6.07, 6.45) is 3.04. The number of sulfonamides is 1. The highest BCUT2D eigenvalue weighted by Crippen LogP contribution is 2.26. The number of anilines is 1. The van der Waals surface area contributed by atoms with Crippen LogP contribution in [0.4, 0.5) is 28.0 Å². The zero-order valence-corrected chi connectivity index (χ0v) is 20.7. The molecule has 1 aromatic heterocycles. The maximum atomic E-state index is 15.2. The van der Waals surface area contributed by atoms with Crippen molar-refractivity contribution in [1.82, 2.24) is 14.2 Å². The van der Waals surface area contributed by atoms with Crippen LogP contribution in [0.1, 0.15) is 17.4 Å². The number of benzene rings is 1. The summed E-state index contributed by atoms with van der Waals surface area (Å²) in [5.74, 6) is -8.13. The normalized spacial score (nSPS) is 17.9. The molecule has 1 saturated heterocycles. The number of amides is 2. The van der Waals surface area contributed by atoms with Gasteiger partial charge in [0.15, 0.2) is 23.3 Å². The van der Waals surface area contributed by atoms with Crippen LogP contribution in [0, 0.1) is 29.2 Å². The average Bonchev–Trinajstić information content (AvgIpc) is 3.35. The highest BCUT2D eigenvalue weighted by molar-refractivity contribution is 7.89. The number of rotatable bonds is 8. The molecule has 0 aliphatic carbocycles. The summed E-state index contributed by atoms with van der Waals surface area (Å²) in [7, 11) is -2.00. The minimum atomic E-state index is -4.57. The second kappa shape index (κ2) is 11.2. The molecule has 1 aliphatic rings. The van der Waals surface area contributed by atoms with E-state index in [4.69, 9.17) is 9.47 Å². The first kappa shape index (κ1) is 28.0. The van der Waals surface area contributed by atoms with Crippen LogP contribution >= 0.6 is 0 Å². The smallest absolute Gasteiger partial charge is 0.409 e. The molecule has 15 heteroatoms. The summed E-state index contributed by atoms with van der Waals surface area (Å²) in [5, 5.41) is 2.00. The summed E-state index contributed by atoms with van der Waals surface area (Å²) in [4.78, 5) is 25.1. The molecule has 2 N–H and O–H groups in total. The number of hydrogen-bond acceptors (Lipinski definition) is 6. The van der Waals surface area contributed by atoms with Gasteiger partial charge in [-0.15, -0.1) is 0 Å². The SMILES string of the molecule is CCOC(=O)N1CC(/C=C/OC)C(NS(=O)(=O)c2cn(C)c(C(=O)Nc3cc(F)c(F)c(F)c3)c2F)C1. The van der Waals surface area contributed by atoms with Gasteiger partial charge in [-0.25, -0.2) is 35.5 Å². The lowest BCUT2D eigenvalue weighted by Crippen LogP contribution is -2.41. The number of carbonyl (C=O) groups is 2. The third kappa shape index (κ3) is 6.05. The standard InChI is InChI=1S/C22H24F4N4O6S/c1-4-36-22(32)30-9-12(5-6-35-3)16(10-30)28-37(33,34)17-11-29(2)20(19(17)26)21(31)27-13-7-14(23)18(25)15(24)8-13/h5-8,11-12,16,28H,4,9-10H2,1-3H3,(H,27,31)/b6-5+. The number of halogens is 4. The van der Waals surface area contributed by atoms with Gasteiger partial charge in [-0.05, 0) is 13.0 Å². The fourth-order valence-corrected chi connectivity index (χ4v) is 5.19. The van der Waals surface area contributed by atoms with Gasteiger partial charge in [0.2, 0.25) is 10.0 Å². The van der Waals surface area contributed by atoms with E-state index in [2.05, 4.69) is 4.72 Å². The predicted molar refractivity (Wildman–Crippen MR) is 122 cm³/mol. The van der Waals surface area contributed by atoms with Crippen LogP contribution in [0.2, 0.25) is 0 Å². The van der Waals surface area contributed by atoms with E-state index in [9.17, 15) is 31.2 Å². The second-order valence-electron chi connectivity index (χ2n) is 8.03. The number of ether oxygens (including phenoxy) is 2. The summed E-state index contributed by atoms with van der Waals surface area (Å²) < 4.78 is 94.5. The van der Waals surface area contributed by atoms with E-state index < -0.39 is 73.5 Å². The van der Waals surface area contributed by atoms with Gasteiger partial charge in [-0.3, -0.25) is 4.79 Å². The lowest BCUT2D eigenvalue weighted by atomic mass is 10.1. The quantitative estimate of drug-likeness (QED) is 0.298. The highest BCUT2D eigenvalue weighted by Gasteiger charge is 2.39. The van der Waals surface area contributed by atoms with Gasteiger partial charge in [0.1, 0.15) is 10.6 Å². The molecule has 10 nitrogen and oxygen atoms in total. The minimum Gasteiger partial charge on any atom is -0.505 e. The molecular weight excluding hydrogens is 524 g/mol. The molecule has 37 heavy (non-hydrogen) atoms. The van der Waals surface area contributed by atoms with Crippen LogP contribution < -0.4 is 10.0 Å². The van der Waals surface area contributed by atoms with E-state index in [0.29, 0.717) is 12.1 Å². The Balaban J connectivity index is 1.85. The van der Waals surface area contributed by atoms with Crippen molar-refractivity contribution in [1.29, 1.82) is 0 Å². The number of aromatic nitrogens is 1. The molecule has 2 heterocycles. The summed E-state index contributed by atoms with van der Waals surface area (Å²) in [5.41, 5.74) is -1.27. The molecule has 1 fully saturated rings. The number of methoxy groups -OCH3 is 1. The van der Waals surface area contributed by atoms with E-state index in [1.165, 1.54) is 31.4 Å². The van der Waals surface area contributed by atoms with E-state index in [1.54, 1.807) is 6.92 Å². The van der Waals surface area contributed by atoms with Crippen molar-refractivity contribution >= 4 is 27.7 Å². The number of aryl methyl sites for hydroxylation is 1. The monoisotopic (exact) mass is 548 g/mol. The zero-order valence-electron chi connectivity index (χ0n) is 19.9. The number of hydrogen-bond donors (Lipinski definition) is 2. The van der Waals surface area contributed by atoms with Gasteiger partial charge < -0.3 is 24.3 Å². The maximum Gasteiger partial charge on any atom is 0.409 e. The van der Waals surface area contributed by atoms with Gasteiger partial charge in [0, 0.05) is 56.1 Å². The fraction of sp³-hybridized carbons (Fsp3) is 0.364. The summed E-state index contributed by atoms with van der Waals surface area (Å²) in [6.45, 7) is 1.74. The lowest BCUT2D eigenvalue weighted by Gasteiger charge is -2.17. The van der Waals surface area contributed by atoms with Crippen LogP contribution in [0.3, 0.4) is 0 Å². The molecule has 3 rings (SSSR count). The molecule has 0 radical (unpaired) electrons. The molecule has 2 atom stereocenters.